The van der Waals surface area contributed by atoms with Crippen LogP contribution < -0.4 is 4.74 Å². The van der Waals surface area contributed by atoms with E-state index in [2.05, 4.69) is 26.0 Å². The molecule has 1 aromatic carbocycles. The van der Waals surface area contributed by atoms with E-state index < -0.39 is 0 Å². The number of aryl methyl sites for hydroxylation is 2. The first-order valence-corrected chi connectivity index (χ1v) is 4.49. The predicted molar refractivity (Wildman–Crippen MR) is 51.2 cm³/mol. The summed E-state index contributed by atoms with van der Waals surface area (Å²) in [6.45, 7) is 5.02. The molecule has 0 amide bonds. The first-order chi connectivity index (χ1) is 6.22. The maximum Gasteiger partial charge on any atom is 0.122 e. The Labute approximate surface area is 78.5 Å². The van der Waals surface area contributed by atoms with E-state index >= 15 is 0 Å². The second kappa shape index (κ2) is 3.04. The highest BCUT2D eigenvalue weighted by Gasteiger charge is 2.26. The fraction of sp³-hybridized carbons (Fsp3) is 0.455. The summed E-state index contributed by atoms with van der Waals surface area (Å²) >= 11 is 0. The van der Waals surface area contributed by atoms with Crippen molar-refractivity contribution in [1.82, 2.24) is 0 Å². The van der Waals surface area contributed by atoms with E-state index in [4.69, 9.17) is 9.47 Å². The van der Waals surface area contributed by atoms with Crippen molar-refractivity contribution in [3.8, 4) is 5.75 Å². The molecular formula is C11H14O2. The van der Waals surface area contributed by atoms with Crippen LogP contribution in [0.25, 0.3) is 0 Å². The zero-order chi connectivity index (χ0) is 9.42. The van der Waals surface area contributed by atoms with Crippen LogP contribution in [-0.2, 0) is 4.74 Å². The Morgan fingerprint density at radius 2 is 2.00 bits per heavy atom. The van der Waals surface area contributed by atoms with Crippen molar-refractivity contribution >= 4 is 0 Å². The highest BCUT2D eigenvalue weighted by molar-refractivity contribution is 5.43. The molecule has 2 heteroatoms. The van der Waals surface area contributed by atoms with Crippen LogP contribution in [0.4, 0.5) is 0 Å². The van der Waals surface area contributed by atoms with Crippen molar-refractivity contribution < 1.29 is 9.47 Å². The quantitative estimate of drug-likeness (QED) is 0.648. The second-order valence-corrected chi connectivity index (χ2v) is 3.50. The van der Waals surface area contributed by atoms with Gasteiger partial charge in [0.2, 0.25) is 0 Å². The molecule has 1 atom stereocenters. The lowest BCUT2D eigenvalue weighted by molar-refractivity contribution is 0.406. The van der Waals surface area contributed by atoms with E-state index in [1.54, 1.807) is 7.11 Å². The van der Waals surface area contributed by atoms with Gasteiger partial charge in [-0.3, -0.25) is 0 Å². The highest BCUT2D eigenvalue weighted by Crippen LogP contribution is 2.35. The summed E-state index contributed by atoms with van der Waals surface area (Å²) < 4.78 is 10.5. The average molecular weight is 178 g/mol. The molecular weight excluding hydrogens is 164 g/mol. The Morgan fingerprint density at radius 1 is 1.31 bits per heavy atom. The van der Waals surface area contributed by atoms with Crippen molar-refractivity contribution in [2.75, 3.05) is 13.7 Å². The van der Waals surface area contributed by atoms with E-state index in [1.165, 1.54) is 16.7 Å². The maximum atomic E-state index is 5.26. The molecule has 1 aliphatic rings. The van der Waals surface area contributed by atoms with E-state index in [0.29, 0.717) is 6.10 Å². The number of rotatable bonds is 2. The van der Waals surface area contributed by atoms with Crippen molar-refractivity contribution in [2.24, 2.45) is 0 Å². The fourth-order valence-corrected chi connectivity index (χ4v) is 1.61. The number of benzene rings is 1. The Morgan fingerprint density at radius 3 is 2.54 bits per heavy atom. The zero-order valence-electron chi connectivity index (χ0n) is 8.26. The lowest BCUT2D eigenvalue weighted by Crippen LogP contribution is -1.93. The van der Waals surface area contributed by atoms with Crippen LogP contribution in [-0.4, -0.2) is 13.7 Å². The molecule has 0 aliphatic carbocycles. The number of ether oxygens (including phenoxy) is 2. The number of hydrogen-bond donors (Lipinski definition) is 0. The molecule has 1 unspecified atom stereocenters. The highest BCUT2D eigenvalue weighted by atomic mass is 16.6. The molecule has 1 heterocycles. The molecule has 70 valence electrons. The third-order valence-corrected chi connectivity index (χ3v) is 2.46. The minimum absolute atomic E-state index is 0.338. The molecule has 1 aromatic rings. The van der Waals surface area contributed by atoms with Gasteiger partial charge in [-0.15, -0.1) is 0 Å². The molecule has 0 spiro atoms. The third-order valence-electron chi connectivity index (χ3n) is 2.46. The summed E-state index contributed by atoms with van der Waals surface area (Å²) in [4.78, 5) is 0. The van der Waals surface area contributed by atoms with E-state index in [1.807, 2.05) is 0 Å². The fourth-order valence-electron chi connectivity index (χ4n) is 1.61. The third kappa shape index (κ3) is 1.54. The standard InChI is InChI=1S/C11H14O2/c1-7-5-10(12-3)8(2)4-9(7)11-6-13-11/h4-5,11H,6H2,1-3H3. The molecule has 1 fully saturated rings. The summed E-state index contributed by atoms with van der Waals surface area (Å²) in [6, 6.07) is 4.23. The topological polar surface area (TPSA) is 21.8 Å². The van der Waals surface area contributed by atoms with Crippen molar-refractivity contribution in [3.63, 3.8) is 0 Å². The van der Waals surface area contributed by atoms with Crippen molar-refractivity contribution in [1.29, 1.82) is 0 Å². The minimum Gasteiger partial charge on any atom is -0.496 e. The van der Waals surface area contributed by atoms with Crippen LogP contribution in [0.1, 0.15) is 22.8 Å². The SMILES string of the molecule is COc1cc(C)c(C2CO2)cc1C. The van der Waals surface area contributed by atoms with Gasteiger partial charge >= 0.3 is 0 Å². The van der Waals surface area contributed by atoms with E-state index in [-0.39, 0.29) is 0 Å². The first kappa shape index (κ1) is 8.57. The van der Waals surface area contributed by atoms with E-state index in [0.717, 1.165) is 12.4 Å². The van der Waals surface area contributed by atoms with Gasteiger partial charge in [-0.2, -0.15) is 0 Å². The minimum atomic E-state index is 0.338. The second-order valence-electron chi connectivity index (χ2n) is 3.50. The Kier molecular flexibility index (Phi) is 2.00. The molecule has 2 nitrogen and oxygen atoms in total. The van der Waals surface area contributed by atoms with Crippen LogP contribution in [0.2, 0.25) is 0 Å². The molecule has 1 saturated heterocycles. The lowest BCUT2D eigenvalue weighted by atomic mass is 10.0. The number of epoxide rings is 1. The van der Waals surface area contributed by atoms with Gasteiger partial charge in [-0.25, -0.2) is 0 Å². The van der Waals surface area contributed by atoms with Crippen molar-refractivity contribution in [3.05, 3.63) is 28.8 Å². The van der Waals surface area contributed by atoms with Gasteiger partial charge < -0.3 is 9.47 Å². The summed E-state index contributed by atoms with van der Waals surface area (Å²) in [6.07, 6.45) is 0.338. The largest absolute Gasteiger partial charge is 0.496 e. The molecule has 0 radical (unpaired) electrons. The van der Waals surface area contributed by atoms with Gasteiger partial charge in [-0.05, 0) is 42.7 Å². The normalized spacial score (nSPS) is 20.1. The molecule has 13 heavy (non-hydrogen) atoms. The van der Waals surface area contributed by atoms with E-state index in [9.17, 15) is 0 Å². The van der Waals surface area contributed by atoms with Crippen LogP contribution >= 0.6 is 0 Å². The van der Waals surface area contributed by atoms with Gasteiger partial charge in [0.05, 0.1) is 13.7 Å². The van der Waals surface area contributed by atoms with Gasteiger partial charge in [0, 0.05) is 0 Å². The molecule has 0 aromatic heterocycles. The van der Waals surface area contributed by atoms with Crippen LogP contribution in [0, 0.1) is 13.8 Å². The van der Waals surface area contributed by atoms with Gasteiger partial charge in [0.1, 0.15) is 11.9 Å². The summed E-state index contributed by atoms with van der Waals surface area (Å²) in [5.74, 6) is 0.960. The summed E-state index contributed by atoms with van der Waals surface area (Å²) in [5.41, 5.74) is 3.74. The van der Waals surface area contributed by atoms with Gasteiger partial charge in [0.15, 0.2) is 0 Å². The Bertz CT molecular complexity index is 327. The molecule has 0 saturated carbocycles. The summed E-state index contributed by atoms with van der Waals surface area (Å²) in [5, 5.41) is 0. The lowest BCUT2D eigenvalue weighted by Gasteiger charge is -2.09. The Hall–Kier alpha value is -1.02. The molecule has 1 aliphatic heterocycles. The number of methoxy groups -OCH3 is 1. The van der Waals surface area contributed by atoms with Crippen LogP contribution in [0.3, 0.4) is 0 Å². The van der Waals surface area contributed by atoms with Crippen LogP contribution in [0.15, 0.2) is 12.1 Å². The average Bonchev–Trinajstić information content (AvgIpc) is 2.91. The number of hydrogen-bond acceptors (Lipinski definition) is 2. The zero-order valence-corrected chi connectivity index (χ0v) is 8.26. The molecule has 0 bridgehead atoms. The Balaban J connectivity index is 2.42. The van der Waals surface area contributed by atoms with Gasteiger partial charge in [0.25, 0.3) is 0 Å². The monoisotopic (exact) mass is 178 g/mol. The maximum absolute atomic E-state index is 5.26. The molecule has 0 N–H and O–H groups in total. The summed E-state index contributed by atoms with van der Waals surface area (Å²) in [7, 11) is 1.70. The predicted octanol–water partition coefficient (Wildman–Crippen LogP) is 2.38. The van der Waals surface area contributed by atoms with Crippen molar-refractivity contribution in [2.45, 2.75) is 20.0 Å². The smallest absolute Gasteiger partial charge is 0.122 e. The molecule has 2 rings (SSSR count). The van der Waals surface area contributed by atoms with Crippen LogP contribution in [0.5, 0.6) is 5.75 Å². The first-order valence-electron chi connectivity index (χ1n) is 4.49. The van der Waals surface area contributed by atoms with Gasteiger partial charge in [-0.1, -0.05) is 0 Å².